The molecule has 5 nitrogen and oxygen atoms in total. The fourth-order valence-corrected chi connectivity index (χ4v) is 4.31. The van der Waals surface area contributed by atoms with Crippen LogP contribution in [0, 0.1) is 13.8 Å². The minimum atomic E-state index is -0.780. The summed E-state index contributed by atoms with van der Waals surface area (Å²) in [6, 6.07) is 4.38. The van der Waals surface area contributed by atoms with Gasteiger partial charge in [0, 0.05) is 44.2 Å². The predicted molar refractivity (Wildman–Crippen MR) is 107 cm³/mol. The Labute approximate surface area is 167 Å². The highest BCUT2D eigenvalue weighted by Gasteiger charge is 2.36. The van der Waals surface area contributed by atoms with Gasteiger partial charge in [-0.3, -0.25) is 4.79 Å². The molecule has 2 aliphatic rings. The number of piperidine rings is 2. The lowest BCUT2D eigenvalue weighted by Crippen LogP contribution is -2.53. The summed E-state index contributed by atoms with van der Waals surface area (Å²) in [5.74, 6) is 0.938. The molecule has 0 unspecified atom stereocenters. The van der Waals surface area contributed by atoms with E-state index in [2.05, 4.69) is 4.90 Å². The van der Waals surface area contributed by atoms with E-state index in [-0.39, 0.29) is 5.91 Å². The van der Waals surface area contributed by atoms with Crippen LogP contribution in [0.1, 0.15) is 43.7 Å². The second-order valence-electron chi connectivity index (χ2n) is 8.16. The highest BCUT2D eigenvalue weighted by atomic mass is 35.5. The Kier molecular flexibility index (Phi) is 6.34. The molecule has 3 rings (SSSR count). The monoisotopic (exact) mass is 394 g/mol. The molecule has 6 heteroatoms. The fourth-order valence-electron chi connectivity index (χ4n) is 4.20. The van der Waals surface area contributed by atoms with Crippen molar-refractivity contribution >= 4 is 17.5 Å². The molecule has 0 atom stereocenters. The molecular formula is C21H31ClN2O3. The van der Waals surface area contributed by atoms with Gasteiger partial charge in [0.25, 0.3) is 0 Å². The van der Waals surface area contributed by atoms with Crippen molar-refractivity contribution < 1.29 is 14.6 Å². The number of benzene rings is 1. The minimum absolute atomic E-state index is 0.172. The first kappa shape index (κ1) is 20.4. The van der Waals surface area contributed by atoms with Crippen LogP contribution in [0.25, 0.3) is 0 Å². The number of carbonyl (C=O) groups is 1. The van der Waals surface area contributed by atoms with Crippen molar-refractivity contribution in [3.05, 3.63) is 28.3 Å². The van der Waals surface area contributed by atoms with Crippen molar-refractivity contribution in [2.45, 2.75) is 58.1 Å². The van der Waals surface area contributed by atoms with Gasteiger partial charge in [-0.1, -0.05) is 11.6 Å². The third kappa shape index (κ3) is 4.95. The average Bonchev–Trinajstić information content (AvgIpc) is 2.65. The number of carbonyl (C=O) groups excluding carboxylic acids is 1. The molecule has 0 aliphatic carbocycles. The maximum Gasteiger partial charge on any atom is 0.219 e. The SMILES string of the molecule is CC(=O)N1CCC(N2CCC(O)(COc3cc(C)c(Cl)c(C)c3)CC2)CC1. The van der Waals surface area contributed by atoms with E-state index >= 15 is 0 Å². The highest BCUT2D eigenvalue weighted by molar-refractivity contribution is 6.32. The first-order valence-corrected chi connectivity index (χ1v) is 10.3. The summed E-state index contributed by atoms with van der Waals surface area (Å²) in [5.41, 5.74) is 1.20. The number of likely N-dealkylation sites (tertiary alicyclic amines) is 2. The van der Waals surface area contributed by atoms with Crippen LogP contribution in [0.4, 0.5) is 0 Å². The van der Waals surface area contributed by atoms with Crippen LogP contribution in [-0.4, -0.2) is 65.2 Å². The lowest BCUT2D eigenvalue weighted by Gasteiger charge is -2.44. The van der Waals surface area contributed by atoms with Gasteiger partial charge in [-0.05, 0) is 62.8 Å². The summed E-state index contributed by atoms with van der Waals surface area (Å²) >= 11 is 6.21. The second-order valence-corrected chi connectivity index (χ2v) is 8.54. The Morgan fingerprint density at radius 1 is 1.19 bits per heavy atom. The van der Waals surface area contributed by atoms with Crippen LogP contribution < -0.4 is 4.74 Å². The molecule has 0 saturated carbocycles. The lowest BCUT2D eigenvalue weighted by molar-refractivity contribution is -0.130. The maximum atomic E-state index is 11.5. The Bertz CT molecular complexity index is 655. The summed E-state index contributed by atoms with van der Waals surface area (Å²) < 4.78 is 5.91. The largest absolute Gasteiger partial charge is 0.491 e. The van der Waals surface area contributed by atoms with Crippen LogP contribution in [0.15, 0.2) is 12.1 Å². The van der Waals surface area contributed by atoms with Gasteiger partial charge in [0.05, 0.1) is 0 Å². The zero-order valence-corrected chi connectivity index (χ0v) is 17.4. The number of aliphatic hydroxyl groups is 1. The fraction of sp³-hybridized carbons (Fsp3) is 0.667. The first-order valence-electron chi connectivity index (χ1n) is 9.89. The van der Waals surface area contributed by atoms with Crippen molar-refractivity contribution in [1.29, 1.82) is 0 Å². The first-order chi connectivity index (χ1) is 12.8. The molecular weight excluding hydrogens is 364 g/mol. The van der Waals surface area contributed by atoms with Crippen molar-refractivity contribution in [3.63, 3.8) is 0 Å². The number of ether oxygens (including phenoxy) is 1. The smallest absolute Gasteiger partial charge is 0.219 e. The van der Waals surface area contributed by atoms with Crippen LogP contribution in [-0.2, 0) is 4.79 Å². The molecule has 150 valence electrons. The summed E-state index contributed by atoms with van der Waals surface area (Å²) in [6.07, 6.45) is 3.48. The average molecular weight is 395 g/mol. The van der Waals surface area contributed by atoms with E-state index in [1.54, 1.807) is 6.92 Å². The van der Waals surface area contributed by atoms with Crippen LogP contribution >= 0.6 is 11.6 Å². The Morgan fingerprint density at radius 2 is 1.74 bits per heavy atom. The molecule has 0 radical (unpaired) electrons. The Morgan fingerprint density at radius 3 is 2.26 bits per heavy atom. The van der Waals surface area contributed by atoms with Gasteiger partial charge in [0.2, 0.25) is 5.91 Å². The third-order valence-electron chi connectivity index (χ3n) is 6.07. The molecule has 2 saturated heterocycles. The maximum absolute atomic E-state index is 11.5. The number of hydrogen-bond donors (Lipinski definition) is 1. The van der Waals surface area contributed by atoms with Crippen molar-refractivity contribution in [1.82, 2.24) is 9.80 Å². The summed E-state index contributed by atoms with van der Waals surface area (Å²) in [4.78, 5) is 15.9. The lowest BCUT2D eigenvalue weighted by atomic mass is 9.90. The van der Waals surface area contributed by atoms with E-state index in [1.807, 2.05) is 30.9 Å². The zero-order chi connectivity index (χ0) is 19.6. The van der Waals surface area contributed by atoms with E-state index in [1.165, 1.54) is 0 Å². The quantitative estimate of drug-likeness (QED) is 0.852. The molecule has 2 heterocycles. The zero-order valence-electron chi connectivity index (χ0n) is 16.6. The van der Waals surface area contributed by atoms with Crippen LogP contribution in [0.3, 0.4) is 0 Å². The second kappa shape index (κ2) is 8.38. The van der Waals surface area contributed by atoms with E-state index in [4.69, 9.17) is 16.3 Å². The van der Waals surface area contributed by atoms with Crippen molar-refractivity contribution in [2.24, 2.45) is 0 Å². The molecule has 2 aliphatic heterocycles. The Hall–Kier alpha value is -1.30. The summed E-state index contributed by atoms with van der Waals surface area (Å²) in [6.45, 7) is 9.33. The predicted octanol–water partition coefficient (Wildman–Crippen LogP) is 3.17. The minimum Gasteiger partial charge on any atom is -0.491 e. The van der Waals surface area contributed by atoms with Gasteiger partial charge in [0.15, 0.2) is 0 Å². The number of halogens is 1. The number of aryl methyl sites for hydroxylation is 2. The molecule has 1 aromatic carbocycles. The van der Waals surface area contributed by atoms with E-state index in [0.29, 0.717) is 25.5 Å². The van der Waals surface area contributed by atoms with E-state index in [9.17, 15) is 9.90 Å². The van der Waals surface area contributed by atoms with Crippen molar-refractivity contribution in [3.8, 4) is 5.75 Å². The van der Waals surface area contributed by atoms with E-state index < -0.39 is 5.60 Å². The van der Waals surface area contributed by atoms with Gasteiger partial charge in [-0.2, -0.15) is 0 Å². The van der Waals surface area contributed by atoms with Gasteiger partial charge < -0.3 is 19.6 Å². The molecule has 1 N–H and O–H groups in total. The summed E-state index contributed by atoms with van der Waals surface area (Å²) in [5, 5.41) is 11.7. The molecule has 1 amide bonds. The topological polar surface area (TPSA) is 53.0 Å². The number of amides is 1. The van der Waals surface area contributed by atoms with Gasteiger partial charge in [0.1, 0.15) is 18.0 Å². The van der Waals surface area contributed by atoms with Crippen molar-refractivity contribution in [2.75, 3.05) is 32.8 Å². The number of nitrogens with zero attached hydrogens (tertiary/aromatic N) is 2. The molecule has 0 spiro atoms. The molecule has 0 bridgehead atoms. The molecule has 0 aromatic heterocycles. The van der Waals surface area contributed by atoms with Crippen LogP contribution in [0.5, 0.6) is 5.75 Å². The summed E-state index contributed by atoms with van der Waals surface area (Å²) in [7, 11) is 0. The van der Waals surface area contributed by atoms with Crippen LogP contribution in [0.2, 0.25) is 5.02 Å². The van der Waals surface area contributed by atoms with Gasteiger partial charge >= 0.3 is 0 Å². The van der Waals surface area contributed by atoms with E-state index in [0.717, 1.165) is 60.9 Å². The standard InChI is InChI=1S/C21H31ClN2O3/c1-15-12-19(13-16(2)20(15)22)27-14-21(26)6-10-24(11-7-21)18-4-8-23(9-5-18)17(3)25/h12-13,18,26H,4-11,14H2,1-3H3. The highest BCUT2D eigenvalue weighted by Crippen LogP contribution is 2.30. The molecule has 2 fully saturated rings. The molecule has 1 aromatic rings. The molecule has 27 heavy (non-hydrogen) atoms. The van der Waals surface area contributed by atoms with Gasteiger partial charge in [-0.25, -0.2) is 0 Å². The van der Waals surface area contributed by atoms with Gasteiger partial charge in [-0.15, -0.1) is 0 Å². The Balaban J connectivity index is 1.49. The third-order valence-corrected chi connectivity index (χ3v) is 6.67. The normalized spacial score (nSPS) is 21.3. The number of hydrogen-bond acceptors (Lipinski definition) is 4. The number of rotatable bonds is 4.